The standard InChI is InChI=1S/C15H17FN2O3S2/c1-15(14(20)21)7-23-13(18(15)2)9-6-22-12(17-9)11-8(16)4-3-5-10(11)19/h3-5,9,13,19H,6-7H2,1-2H3,(H,20,21)/t9?,13?,15-/m1/s1. The van der Waals surface area contributed by atoms with Crippen molar-refractivity contribution >= 4 is 34.5 Å². The molecule has 2 aliphatic rings. The van der Waals surface area contributed by atoms with Crippen LogP contribution in [0.15, 0.2) is 23.2 Å². The van der Waals surface area contributed by atoms with E-state index in [9.17, 15) is 19.4 Å². The molecule has 1 saturated heterocycles. The molecule has 1 aromatic rings. The highest BCUT2D eigenvalue weighted by atomic mass is 32.2. The van der Waals surface area contributed by atoms with Gasteiger partial charge in [0.05, 0.1) is 17.0 Å². The minimum absolute atomic E-state index is 0.0741. The van der Waals surface area contributed by atoms with Crippen LogP contribution in [-0.4, -0.2) is 61.6 Å². The number of halogens is 1. The summed E-state index contributed by atoms with van der Waals surface area (Å²) >= 11 is 2.95. The molecule has 3 rings (SSSR count). The number of rotatable bonds is 3. The third-order valence-corrected chi connectivity index (χ3v) is 7.16. The van der Waals surface area contributed by atoms with Crippen LogP contribution in [0.1, 0.15) is 12.5 Å². The second-order valence-corrected chi connectivity index (χ2v) is 7.95. The number of carboxylic acid groups (broad SMARTS) is 1. The van der Waals surface area contributed by atoms with Crippen molar-refractivity contribution in [1.82, 2.24) is 4.90 Å². The zero-order valence-electron chi connectivity index (χ0n) is 12.7. The van der Waals surface area contributed by atoms with Gasteiger partial charge in [-0.2, -0.15) is 0 Å². The predicted octanol–water partition coefficient (Wildman–Crippen LogP) is 2.24. The van der Waals surface area contributed by atoms with Crippen molar-refractivity contribution < 1.29 is 19.4 Å². The van der Waals surface area contributed by atoms with Gasteiger partial charge in [0.15, 0.2) is 0 Å². The number of hydrogen-bond acceptors (Lipinski definition) is 6. The Morgan fingerprint density at radius 3 is 2.87 bits per heavy atom. The first kappa shape index (κ1) is 16.6. The minimum Gasteiger partial charge on any atom is -0.507 e. The molecule has 0 amide bonds. The molecule has 1 fully saturated rings. The number of hydrogen-bond donors (Lipinski definition) is 2. The van der Waals surface area contributed by atoms with Crippen molar-refractivity contribution in [3.05, 3.63) is 29.6 Å². The van der Waals surface area contributed by atoms with E-state index in [0.717, 1.165) is 0 Å². The van der Waals surface area contributed by atoms with Crippen LogP contribution in [-0.2, 0) is 4.79 Å². The Bertz CT molecular complexity index is 664. The molecule has 2 heterocycles. The van der Waals surface area contributed by atoms with Crippen LogP contribution in [0.2, 0.25) is 0 Å². The first-order chi connectivity index (χ1) is 10.8. The van der Waals surface area contributed by atoms with Gasteiger partial charge in [0, 0.05) is 11.5 Å². The molecule has 0 saturated carbocycles. The lowest BCUT2D eigenvalue weighted by Gasteiger charge is -2.31. The summed E-state index contributed by atoms with van der Waals surface area (Å²) in [4.78, 5) is 17.9. The summed E-state index contributed by atoms with van der Waals surface area (Å²) in [5.41, 5.74) is -0.787. The molecule has 1 aromatic carbocycles. The molecule has 0 aromatic heterocycles. The fourth-order valence-corrected chi connectivity index (χ4v) is 5.64. The zero-order valence-corrected chi connectivity index (χ0v) is 14.3. The van der Waals surface area contributed by atoms with E-state index in [-0.39, 0.29) is 22.7 Å². The first-order valence-electron chi connectivity index (χ1n) is 7.11. The maximum Gasteiger partial charge on any atom is 0.324 e. The summed E-state index contributed by atoms with van der Waals surface area (Å²) in [7, 11) is 1.79. The van der Waals surface area contributed by atoms with Crippen molar-refractivity contribution in [1.29, 1.82) is 0 Å². The zero-order chi connectivity index (χ0) is 16.8. The number of aliphatic imine (C=N–C) groups is 1. The molecule has 2 aliphatic heterocycles. The smallest absolute Gasteiger partial charge is 0.324 e. The summed E-state index contributed by atoms with van der Waals surface area (Å²) < 4.78 is 14.0. The Labute approximate surface area is 142 Å². The maximum absolute atomic E-state index is 14.0. The van der Waals surface area contributed by atoms with E-state index in [4.69, 9.17) is 0 Å². The lowest BCUT2D eigenvalue weighted by atomic mass is 10.0. The van der Waals surface area contributed by atoms with E-state index in [1.807, 2.05) is 4.90 Å². The predicted molar refractivity (Wildman–Crippen MR) is 90.9 cm³/mol. The van der Waals surface area contributed by atoms with Crippen molar-refractivity contribution in [2.75, 3.05) is 18.6 Å². The number of aliphatic carboxylic acids is 1. The maximum atomic E-state index is 14.0. The molecule has 8 heteroatoms. The van der Waals surface area contributed by atoms with Gasteiger partial charge in [-0.05, 0) is 26.1 Å². The van der Waals surface area contributed by atoms with Gasteiger partial charge in [-0.1, -0.05) is 6.07 Å². The molecule has 0 bridgehead atoms. The van der Waals surface area contributed by atoms with Crippen molar-refractivity contribution in [3.8, 4) is 5.75 Å². The lowest BCUT2D eigenvalue weighted by molar-refractivity contribution is -0.147. The normalized spacial score (nSPS) is 31.3. The number of nitrogens with zero attached hydrogens (tertiary/aromatic N) is 2. The molecule has 3 atom stereocenters. The van der Waals surface area contributed by atoms with E-state index in [1.54, 1.807) is 25.7 Å². The highest BCUT2D eigenvalue weighted by Crippen LogP contribution is 2.41. The van der Waals surface area contributed by atoms with Crippen LogP contribution in [0, 0.1) is 5.82 Å². The van der Waals surface area contributed by atoms with Gasteiger partial charge < -0.3 is 10.2 Å². The first-order valence-corrected chi connectivity index (χ1v) is 9.14. The molecule has 0 spiro atoms. The summed E-state index contributed by atoms with van der Waals surface area (Å²) in [6.07, 6.45) is 0. The Kier molecular flexibility index (Phi) is 4.33. The van der Waals surface area contributed by atoms with Crippen LogP contribution < -0.4 is 0 Å². The Morgan fingerprint density at radius 2 is 2.26 bits per heavy atom. The van der Waals surface area contributed by atoms with Gasteiger partial charge in [0.2, 0.25) is 0 Å². The van der Waals surface area contributed by atoms with Crippen LogP contribution in [0.25, 0.3) is 0 Å². The largest absolute Gasteiger partial charge is 0.507 e. The number of carbonyl (C=O) groups is 1. The number of phenols is 1. The molecular formula is C15H17FN2O3S2. The molecule has 23 heavy (non-hydrogen) atoms. The lowest BCUT2D eigenvalue weighted by Crippen LogP contribution is -2.52. The summed E-state index contributed by atoms with van der Waals surface area (Å²) in [6.45, 7) is 1.71. The average molecular weight is 356 g/mol. The van der Waals surface area contributed by atoms with E-state index in [0.29, 0.717) is 16.5 Å². The number of thioether (sulfide) groups is 2. The fourth-order valence-electron chi connectivity index (χ4n) is 2.72. The van der Waals surface area contributed by atoms with Crippen molar-refractivity contribution in [3.63, 3.8) is 0 Å². The van der Waals surface area contributed by atoms with Gasteiger partial charge in [0.25, 0.3) is 0 Å². The van der Waals surface area contributed by atoms with Gasteiger partial charge in [-0.3, -0.25) is 14.7 Å². The number of benzene rings is 1. The SMILES string of the molecule is CN1C(C2CSC(c3c(O)cccc3F)=N2)SC[C@]1(C)C(=O)O. The van der Waals surface area contributed by atoms with Gasteiger partial charge in [-0.15, -0.1) is 23.5 Å². The molecule has 124 valence electrons. The third-order valence-electron chi connectivity index (χ3n) is 4.36. The monoisotopic (exact) mass is 356 g/mol. The van der Waals surface area contributed by atoms with Gasteiger partial charge in [0.1, 0.15) is 22.1 Å². The van der Waals surface area contributed by atoms with Crippen LogP contribution in [0.4, 0.5) is 4.39 Å². The molecule has 0 radical (unpaired) electrons. The number of aromatic hydroxyl groups is 1. The van der Waals surface area contributed by atoms with E-state index < -0.39 is 17.3 Å². The Morgan fingerprint density at radius 1 is 1.52 bits per heavy atom. The topological polar surface area (TPSA) is 73.1 Å². The fraction of sp³-hybridized carbons (Fsp3) is 0.467. The molecule has 2 N–H and O–H groups in total. The minimum atomic E-state index is -0.918. The number of carboxylic acids is 1. The van der Waals surface area contributed by atoms with Crippen LogP contribution >= 0.6 is 23.5 Å². The van der Waals surface area contributed by atoms with Gasteiger partial charge in [-0.25, -0.2) is 4.39 Å². The summed E-state index contributed by atoms with van der Waals surface area (Å²) in [5.74, 6) is -0.350. The number of phenolic OH excluding ortho intramolecular Hbond substituents is 1. The summed E-state index contributed by atoms with van der Waals surface area (Å²) in [5, 5.41) is 19.7. The number of likely N-dealkylation sites (N-methyl/N-ethyl adjacent to an activating group) is 1. The van der Waals surface area contributed by atoms with E-state index in [1.165, 1.54) is 30.0 Å². The average Bonchev–Trinajstić information content (AvgIpc) is 3.06. The highest BCUT2D eigenvalue weighted by molar-refractivity contribution is 8.14. The Hall–Kier alpha value is -1.25. The quantitative estimate of drug-likeness (QED) is 0.865. The molecule has 2 unspecified atom stereocenters. The van der Waals surface area contributed by atoms with Crippen molar-refractivity contribution in [2.24, 2.45) is 4.99 Å². The van der Waals surface area contributed by atoms with Crippen molar-refractivity contribution in [2.45, 2.75) is 23.9 Å². The summed E-state index contributed by atoms with van der Waals surface area (Å²) in [6, 6.07) is 4.05. The van der Waals surface area contributed by atoms with Crippen LogP contribution in [0.3, 0.4) is 0 Å². The van der Waals surface area contributed by atoms with Crippen LogP contribution in [0.5, 0.6) is 5.75 Å². The molecule has 5 nitrogen and oxygen atoms in total. The second kappa shape index (κ2) is 5.99. The van der Waals surface area contributed by atoms with Gasteiger partial charge >= 0.3 is 5.97 Å². The third kappa shape index (κ3) is 2.72. The highest BCUT2D eigenvalue weighted by Gasteiger charge is 2.50. The second-order valence-electron chi connectivity index (χ2n) is 5.84. The Balaban J connectivity index is 1.85. The molecular weight excluding hydrogens is 339 g/mol. The van der Waals surface area contributed by atoms with E-state index in [2.05, 4.69) is 4.99 Å². The van der Waals surface area contributed by atoms with E-state index >= 15 is 0 Å². The molecule has 0 aliphatic carbocycles.